The van der Waals surface area contributed by atoms with Gasteiger partial charge in [-0.2, -0.15) is 0 Å². The molecule has 3 aromatic heterocycles. The molecule has 0 saturated carbocycles. The summed E-state index contributed by atoms with van der Waals surface area (Å²) in [5, 5.41) is 1.62. The van der Waals surface area contributed by atoms with Gasteiger partial charge < -0.3 is 9.47 Å². The smallest absolute Gasteiger partial charge is 0.133 e. The van der Waals surface area contributed by atoms with E-state index in [1.807, 2.05) is 84.9 Å². The van der Waals surface area contributed by atoms with E-state index in [2.05, 4.69) is 32.0 Å². The fraction of sp³-hybridized carbons (Fsp3) is 0.0800. The predicted molar refractivity (Wildman–Crippen MR) is 125 cm³/mol. The number of pyridine rings is 2. The lowest BCUT2D eigenvalue weighted by molar-refractivity contribution is 0.848. The van der Waals surface area contributed by atoms with Crippen LogP contribution < -0.4 is 4.90 Å². The lowest BCUT2D eigenvalue weighted by atomic mass is 10.0. The van der Waals surface area contributed by atoms with Gasteiger partial charge in [-0.05, 0) is 41.5 Å². The van der Waals surface area contributed by atoms with Gasteiger partial charge in [0.15, 0.2) is 0 Å². The molecule has 0 aliphatic heterocycles. The van der Waals surface area contributed by atoms with E-state index in [9.17, 15) is 0 Å². The van der Waals surface area contributed by atoms with Crippen molar-refractivity contribution in [2.24, 2.45) is 7.05 Å². The molecule has 6 heteroatoms. The largest absolute Gasteiger partial charge is 0.322 e. The summed E-state index contributed by atoms with van der Waals surface area (Å²) >= 11 is 6.88. The zero-order valence-electron chi connectivity index (χ0n) is 17.0. The van der Waals surface area contributed by atoms with Crippen LogP contribution in [0.15, 0.2) is 91.8 Å². The topological polar surface area (TPSA) is 46.8 Å². The Morgan fingerprint density at radius 3 is 2.48 bits per heavy atom. The Bertz CT molecular complexity index is 1330. The third-order valence-corrected chi connectivity index (χ3v) is 5.75. The number of rotatable bonds is 5. The molecule has 0 aliphatic carbocycles. The average molecular weight is 426 g/mol. The quantitative estimate of drug-likeness (QED) is 0.345. The van der Waals surface area contributed by atoms with Gasteiger partial charge in [-0.25, -0.2) is 4.98 Å². The third-order valence-electron chi connectivity index (χ3n) is 5.34. The second-order valence-electron chi connectivity index (χ2n) is 7.36. The van der Waals surface area contributed by atoms with Crippen molar-refractivity contribution in [3.63, 3.8) is 0 Å². The molecule has 0 unspecified atom stereocenters. The van der Waals surface area contributed by atoms with E-state index in [-0.39, 0.29) is 0 Å². The van der Waals surface area contributed by atoms with Gasteiger partial charge >= 0.3 is 0 Å². The maximum absolute atomic E-state index is 6.88. The molecule has 0 atom stereocenters. The number of hydrogen-bond acceptors (Lipinski definition) is 4. The van der Waals surface area contributed by atoms with E-state index in [0.29, 0.717) is 11.6 Å². The first-order valence-electron chi connectivity index (χ1n) is 9.97. The van der Waals surface area contributed by atoms with Crippen LogP contribution in [0.25, 0.3) is 22.0 Å². The van der Waals surface area contributed by atoms with Crippen molar-refractivity contribution in [3.8, 4) is 11.1 Å². The van der Waals surface area contributed by atoms with E-state index in [4.69, 9.17) is 11.6 Å². The fourth-order valence-electron chi connectivity index (χ4n) is 3.72. The Labute approximate surface area is 185 Å². The summed E-state index contributed by atoms with van der Waals surface area (Å²) in [6, 6.07) is 20.3. The molecule has 3 heterocycles. The average Bonchev–Trinajstić information content (AvgIpc) is 3.24. The van der Waals surface area contributed by atoms with Crippen molar-refractivity contribution in [2.45, 2.75) is 6.54 Å². The summed E-state index contributed by atoms with van der Waals surface area (Å²) in [5.41, 5.74) is 5.00. The summed E-state index contributed by atoms with van der Waals surface area (Å²) in [6.45, 7) is 0.678. The molecule has 0 amide bonds. The zero-order valence-corrected chi connectivity index (χ0v) is 17.7. The summed E-state index contributed by atoms with van der Waals surface area (Å²) in [6.07, 6.45) is 9.13. The van der Waals surface area contributed by atoms with Crippen LogP contribution in [0.3, 0.4) is 0 Å². The molecule has 2 aromatic carbocycles. The highest BCUT2D eigenvalue weighted by Gasteiger charge is 2.16. The highest BCUT2D eigenvalue weighted by Crippen LogP contribution is 2.36. The normalized spacial score (nSPS) is 11.0. The molecule has 0 radical (unpaired) electrons. The Balaban J connectivity index is 1.64. The first kappa shape index (κ1) is 19.3. The number of fused-ring (bicyclic) bond motifs is 1. The monoisotopic (exact) mass is 425 g/mol. The number of benzene rings is 2. The molecule has 0 aliphatic rings. The minimum atomic E-state index is 0.678. The van der Waals surface area contributed by atoms with E-state index < -0.39 is 0 Å². The minimum Gasteiger partial charge on any atom is -0.322 e. The zero-order chi connectivity index (χ0) is 21.2. The van der Waals surface area contributed by atoms with Crippen molar-refractivity contribution in [1.29, 1.82) is 0 Å². The van der Waals surface area contributed by atoms with Gasteiger partial charge in [0.05, 0.1) is 23.1 Å². The van der Waals surface area contributed by atoms with Crippen LogP contribution in [-0.4, -0.2) is 19.5 Å². The highest BCUT2D eigenvalue weighted by molar-refractivity contribution is 6.38. The minimum absolute atomic E-state index is 0.678. The van der Waals surface area contributed by atoms with Crippen molar-refractivity contribution >= 4 is 34.0 Å². The standard InChI is InChI=1S/C25H20ClN5/c1-30-17-28-15-24(30)31(16-18-9-11-27-12-10-18)20-7-8-23-21(13-20)25(26)22(14-29-23)19-5-3-2-4-6-19/h2-15,17H,16H2,1H3. The van der Waals surface area contributed by atoms with Gasteiger partial charge in [-0.3, -0.25) is 9.97 Å². The lowest BCUT2D eigenvalue weighted by Crippen LogP contribution is -2.19. The molecular formula is C25H20ClN5. The van der Waals surface area contributed by atoms with Gasteiger partial charge in [-0.15, -0.1) is 0 Å². The lowest BCUT2D eigenvalue weighted by Gasteiger charge is -2.25. The molecule has 152 valence electrons. The van der Waals surface area contributed by atoms with Gasteiger partial charge in [0.2, 0.25) is 0 Å². The van der Waals surface area contributed by atoms with Crippen molar-refractivity contribution in [3.05, 3.63) is 102 Å². The maximum atomic E-state index is 6.88. The Morgan fingerprint density at radius 1 is 0.935 bits per heavy atom. The van der Waals surface area contributed by atoms with Crippen LogP contribution in [0.2, 0.25) is 5.02 Å². The molecule has 31 heavy (non-hydrogen) atoms. The Morgan fingerprint density at radius 2 is 1.74 bits per heavy atom. The number of anilines is 2. The molecule has 0 N–H and O–H groups in total. The third kappa shape index (κ3) is 3.76. The summed E-state index contributed by atoms with van der Waals surface area (Å²) in [4.78, 5) is 15.3. The van der Waals surface area contributed by atoms with E-state index >= 15 is 0 Å². The second kappa shape index (κ2) is 8.20. The summed E-state index contributed by atoms with van der Waals surface area (Å²) in [7, 11) is 1.99. The van der Waals surface area contributed by atoms with Crippen LogP contribution in [-0.2, 0) is 13.6 Å². The number of imidazole rings is 1. The van der Waals surface area contributed by atoms with E-state index in [1.54, 1.807) is 6.33 Å². The van der Waals surface area contributed by atoms with Gasteiger partial charge in [0, 0.05) is 48.8 Å². The summed E-state index contributed by atoms with van der Waals surface area (Å²) < 4.78 is 2.01. The molecule has 5 nitrogen and oxygen atoms in total. The van der Waals surface area contributed by atoms with Crippen LogP contribution in [0.5, 0.6) is 0 Å². The molecule has 0 spiro atoms. The number of halogens is 1. The van der Waals surface area contributed by atoms with Crippen LogP contribution in [0.4, 0.5) is 11.5 Å². The highest BCUT2D eigenvalue weighted by atomic mass is 35.5. The molecular weight excluding hydrogens is 406 g/mol. The fourth-order valence-corrected chi connectivity index (χ4v) is 4.03. The van der Waals surface area contributed by atoms with Crippen LogP contribution >= 0.6 is 11.6 Å². The maximum Gasteiger partial charge on any atom is 0.133 e. The second-order valence-corrected chi connectivity index (χ2v) is 7.74. The number of aromatic nitrogens is 4. The van der Waals surface area contributed by atoms with Crippen LogP contribution in [0, 0.1) is 0 Å². The number of hydrogen-bond donors (Lipinski definition) is 0. The number of aryl methyl sites for hydroxylation is 1. The van der Waals surface area contributed by atoms with Gasteiger partial charge in [0.1, 0.15) is 5.82 Å². The molecule has 0 saturated heterocycles. The Hall–Kier alpha value is -3.70. The molecule has 5 rings (SSSR count). The van der Waals surface area contributed by atoms with Gasteiger partial charge in [-0.1, -0.05) is 41.9 Å². The first-order valence-corrected chi connectivity index (χ1v) is 10.3. The van der Waals surface area contributed by atoms with E-state index in [1.165, 1.54) is 0 Å². The predicted octanol–water partition coefficient (Wildman–Crippen LogP) is 6.02. The summed E-state index contributed by atoms with van der Waals surface area (Å²) in [5.74, 6) is 0.986. The molecule has 5 aromatic rings. The van der Waals surface area contributed by atoms with Crippen LogP contribution in [0.1, 0.15) is 5.56 Å². The van der Waals surface area contributed by atoms with Crippen molar-refractivity contribution in [1.82, 2.24) is 19.5 Å². The Kier molecular flexibility index (Phi) is 5.10. The van der Waals surface area contributed by atoms with Crippen molar-refractivity contribution in [2.75, 3.05) is 4.90 Å². The van der Waals surface area contributed by atoms with Gasteiger partial charge in [0.25, 0.3) is 0 Å². The van der Waals surface area contributed by atoms with E-state index in [0.717, 1.165) is 39.1 Å². The van der Waals surface area contributed by atoms with Crippen molar-refractivity contribution < 1.29 is 0 Å². The molecule has 0 fully saturated rings. The number of nitrogens with zero attached hydrogens (tertiary/aromatic N) is 5. The molecule has 0 bridgehead atoms. The first-order chi connectivity index (χ1) is 15.2. The SMILES string of the molecule is Cn1cncc1N(Cc1ccncc1)c1ccc2ncc(-c3ccccc3)c(Cl)c2c1.